The Kier molecular flexibility index (Phi) is 5.51. The highest BCUT2D eigenvalue weighted by molar-refractivity contribution is 5.91. The number of pyridine rings is 1. The number of nitriles is 1. The van der Waals surface area contributed by atoms with E-state index in [9.17, 15) is 14.9 Å². The molecule has 0 bridgehead atoms. The van der Waals surface area contributed by atoms with Gasteiger partial charge in [0, 0.05) is 24.1 Å². The van der Waals surface area contributed by atoms with Gasteiger partial charge in [0.2, 0.25) is 5.91 Å². The summed E-state index contributed by atoms with van der Waals surface area (Å²) < 4.78 is 6.31. The van der Waals surface area contributed by atoms with Crippen LogP contribution in [0.15, 0.2) is 35.1 Å². The maximum absolute atomic E-state index is 12.5. The van der Waals surface area contributed by atoms with Crippen LogP contribution in [0.4, 0.5) is 5.69 Å². The zero-order valence-electron chi connectivity index (χ0n) is 13.9. The lowest BCUT2D eigenvalue weighted by molar-refractivity contribution is -0.116. The van der Waals surface area contributed by atoms with E-state index in [-0.39, 0.29) is 24.6 Å². The number of nitrogens with one attached hydrogen (secondary N) is 1. The Morgan fingerprint density at radius 3 is 2.67 bits per heavy atom. The number of amides is 1. The number of rotatable bonds is 5. The van der Waals surface area contributed by atoms with E-state index in [2.05, 4.69) is 5.32 Å². The van der Waals surface area contributed by atoms with Gasteiger partial charge in [0.15, 0.2) is 0 Å². The molecule has 0 aliphatic carbocycles. The molecule has 0 aliphatic heterocycles. The number of aromatic nitrogens is 1. The lowest BCUT2D eigenvalue weighted by Gasteiger charge is -2.14. The summed E-state index contributed by atoms with van der Waals surface area (Å²) in [6, 6.07) is 11.0. The average molecular weight is 325 g/mol. The number of ether oxygens (including phenoxy) is 1. The smallest absolute Gasteiger partial charge is 0.269 e. The van der Waals surface area contributed by atoms with Crippen molar-refractivity contribution < 1.29 is 9.53 Å². The van der Waals surface area contributed by atoms with Crippen LogP contribution in [0.2, 0.25) is 0 Å². The molecule has 0 unspecified atom stereocenters. The lowest BCUT2D eigenvalue weighted by Crippen LogP contribution is -2.31. The normalized spacial score (nSPS) is 10.2. The van der Waals surface area contributed by atoms with Crippen LogP contribution in [-0.2, 0) is 22.7 Å². The topological polar surface area (TPSA) is 84.1 Å². The molecule has 6 heteroatoms. The number of para-hydroxylation sites is 1. The number of carbonyl (C=O) groups excluding carboxylic acids is 1. The van der Waals surface area contributed by atoms with Crippen LogP contribution in [-0.4, -0.2) is 17.6 Å². The van der Waals surface area contributed by atoms with Crippen LogP contribution in [0, 0.1) is 25.2 Å². The van der Waals surface area contributed by atoms with E-state index in [4.69, 9.17) is 4.74 Å². The van der Waals surface area contributed by atoms with Crippen molar-refractivity contribution in [1.29, 1.82) is 5.26 Å². The molecule has 0 fully saturated rings. The highest BCUT2D eigenvalue weighted by atomic mass is 16.5. The van der Waals surface area contributed by atoms with Gasteiger partial charge in [-0.1, -0.05) is 18.2 Å². The minimum atomic E-state index is -0.482. The molecule has 1 heterocycles. The summed E-state index contributed by atoms with van der Waals surface area (Å²) >= 11 is 0. The molecule has 0 spiro atoms. The molecule has 1 N–H and O–H groups in total. The molecule has 2 aromatic rings. The first-order chi connectivity index (χ1) is 11.5. The van der Waals surface area contributed by atoms with E-state index >= 15 is 0 Å². The molecule has 24 heavy (non-hydrogen) atoms. The van der Waals surface area contributed by atoms with Crippen molar-refractivity contribution in [2.45, 2.75) is 27.0 Å². The molecule has 1 amide bonds. The quantitative estimate of drug-likeness (QED) is 0.912. The van der Waals surface area contributed by atoms with Gasteiger partial charge in [-0.2, -0.15) is 5.26 Å². The fraction of sp³-hybridized carbons (Fsp3) is 0.278. The summed E-state index contributed by atoms with van der Waals surface area (Å²) in [6.45, 7) is 3.64. The molecule has 6 nitrogen and oxygen atoms in total. The first kappa shape index (κ1) is 17.4. The number of carbonyl (C=O) groups is 1. The number of aryl methyl sites for hydroxylation is 2. The summed E-state index contributed by atoms with van der Waals surface area (Å²) in [7, 11) is 1.50. The Balaban J connectivity index is 2.30. The van der Waals surface area contributed by atoms with Crippen molar-refractivity contribution >= 4 is 11.6 Å². The summed E-state index contributed by atoms with van der Waals surface area (Å²) in [5.41, 5.74) is 2.28. The molecule has 0 radical (unpaired) electrons. The standard InChI is InChI=1S/C18H19N3O3/c1-12-6-4-5-7-16(12)20-17(22)10-21-13(2)8-14(11-24-3)15(9-19)18(21)23/h4-8H,10-11H2,1-3H3,(H,20,22). The van der Waals surface area contributed by atoms with Gasteiger partial charge in [-0.3, -0.25) is 9.59 Å². The molecular weight excluding hydrogens is 306 g/mol. The van der Waals surface area contributed by atoms with Crippen LogP contribution >= 0.6 is 0 Å². The maximum Gasteiger partial charge on any atom is 0.269 e. The summed E-state index contributed by atoms with van der Waals surface area (Å²) in [4.78, 5) is 24.7. The predicted molar refractivity (Wildman–Crippen MR) is 90.7 cm³/mol. The molecule has 2 rings (SSSR count). The third-order valence-corrected chi connectivity index (χ3v) is 3.72. The minimum absolute atomic E-state index is 0.00569. The first-order valence-electron chi connectivity index (χ1n) is 7.45. The van der Waals surface area contributed by atoms with Crippen molar-refractivity contribution in [3.8, 4) is 6.07 Å². The van der Waals surface area contributed by atoms with Gasteiger partial charge in [-0.05, 0) is 31.5 Å². The molecule has 0 atom stereocenters. The van der Waals surface area contributed by atoms with Crippen LogP contribution in [0.25, 0.3) is 0 Å². The number of hydrogen-bond acceptors (Lipinski definition) is 4. The Hall–Kier alpha value is -2.91. The first-order valence-corrected chi connectivity index (χ1v) is 7.45. The molecule has 0 aliphatic rings. The van der Waals surface area contributed by atoms with E-state index in [0.717, 1.165) is 5.56 Å². The minimum Gasteiger partial charge on any atom is -0.380 e. The molecule has 0 saturated carbocycles. The van der Waals surface area contributed by atoms with Crippen LogP contribution < -0.4 is 10.9 Å². The molecule has 0 saturated heterocycles. The van der Waals surface area contributed by atoms with E-state index in [1.807, 2.05) is 31.2 Å². The van der Waals surface area contributed by atoms with Gasteiger partial charge in [-0.25, -0.2) is 0 Å². The Morgan fingerprint density at radius 2 is 2.04 bits per heavy atom. The Morgan fingerprint density at radius 1 is 1.33 bits per heavy atom. The zero-order chi connectivity index (χ0) is 17.7. The van der Waals surface area contributed by atoms with Gasteiger partial charge in [0.05, 0.1) is 6.61 Å². The fourth-order valence-corrected chi connectivity index (χ4v) is 2.47. The second-order valence-corrected chi connectivity index (χ2v) is 5.49. The molecule has 1 aromatic heterocycles. The maximum atomic E-state index is 12.5. The third kappa shape index (κ3) is 3.70. The number of anilines is 1. The third-order valence-electron chi connectivity index (χ3n) is 3.72. The van der Waals surface area contributed by atoms with Crippen molar-refractivity contribution in [2.24, 2.45) is 0 Å². The summed E-state index contributed by atoms with van der Waals surface area (Å²) in [5.74, 6) is -0.321. The number of benzene rings is 1. The zero-order valence-corrected chi connectivity index (χ0v) is 13.9. The van der Waals surface area contributed by atoms with Gasteiger partial charge in [0.1, 0.15) is 18.2 Å². The van der Waals surface area contributed by atoms with Crippen molar-refractivity contribution in [2.75, 3.05) is 12.4 Å². The summed E-state index contributed by atoms with van der Waals surface area (Å²) in [6.07, 6.45) is 0. The second-order valence-electron chi connectivity index (χ2n) is 5.49. The monoisotopic (exact) mass is 325 g/mol. The van der Waals surface area contributed by atoms with Crippen LogP contribution in [0.3, 0.4) is 0 Å². The van der Waals surface area contributed by atoms with Gasteiger partial charge >= 0.3 is 0 Å². The van der Waals surface area contributed by atoms with E-state index in [1.165, 1.54) is 11.7 Å². The predicted octanol–water partition coefficient (Wildman–Crippen LogP) is 2.12. The number of nitrogens with zero attached hydrogens (tertiary/aromatic N) is 2. The van der Waals surface area contributed by atoms with Crippen LogP contribution in [0.1, 0.15) is 22.4 Å². The highest BCUT2D eigenvalue weighted by Crippen LogP contribution is 2.13. The van der Waals surface area contributed by atoms with Crippen molar-refractivity contribution in [1.82, 2.24) is 4.57 Å². The van der Waals surface area contributed by atoms with Gasteiger partial charge < -0.3 is 14.6 Å². The van der Waals surface area contributed by atoms with Crippen molar-refractivity contribution in [3.63, 3.8) is 0 Å². The average Bonchev–Trinajstić information content (AvgIpc) is 2.54. The SMILES string of the molecule is COCc1cc(C)n(CC(=O)Nc2ccccc2C)c(=O)c1C#N. The Bertz CT molecular complexity index is 863. The van der Waals surface area contributed by atoms with Crippen LogP contribution in [0.5, 0.6) is 0 Å². The number of hydrogen-bond donors (Lipinski definition) is 1. The van der Waals surface area contributed by atoms with E-state index in [0.29, 0.717) is 16.9 Å². The van der Waals surface area contributed by atoms with Crippen molar-refractivity contribution in [3.05, 3.63) is 63.1 Å². The second kappa shape index (κ2) is 7.57. The fourth-order valence-electron chi connectivity index (χ4n) is 2.47. The lowest BCUT2D eigenvalue weighted by atomic mass is 10.1. The Labute approximate surface area is 140 Å². The molecule has 1 aromatic carbocycles. The van der Waals surface area contributed by atoms with Gasteiger partial charge in [-0.15, -0.1) is 0 Å². The van der Waals surface area contributed by atoms with E-state index in [1.54, 1.807) is 19.1 Å². The van der Waals surface area contributed by atoms with E-state index < -0.39 is 5.56 Å². The number of methoxy groups -OCH3 is 1. The highest BCUT2D eigenvalue weighted by Gasteiger charge is 2.15. The largest absolute Gasteiger partial charge is 0.380 e. The van der Waals surface area contributed by atoms with Gasteiger partial charge in [0.25, 0.3) is 5.56 Å². The molecular formula is C18H19N3O3. The molecule has 124 valence electrons. The summed E-state index contributed by atoms with van der Waals surface area (Å²) in [5, 5.41) is 12.0.